The SMILES string of the molecule is COc1ccccc1OCC(=O)OCc1csc(-c2ccc(C)cc2)n1. The van der Waals surface area contributed by atoms with Crippen molar-refractivity contribution in [2.45, 2.75) is 13.5 Å². The van der Waals surface area contributed by atoms with Gasteiger partial charge >= 0.3 is 5.97 Å². The third kappa shape index (κ3) is 4.61. The number of hydrogen-bond donors (Lipinski definition) is 0. The number of para-hydroxylation sites is 2. The fourth-order valence-corrected chi connectivity index (χ4v) is 3.08. The number of nitrogens with zero attached hydrogens (tertiary/aromatic N) is 1. The van der Waals surface area contributed by atoms with Gasteiger partial charge in [0.25, 0.3) is 0 Å². The Labute approximate surface area is 156 Å². The Hall–Kier alpha value is -2.86. The topological polar surface area (TPSA) is 57.7 Å². The highest BCUT2D eigenvalue weighted by molar-refractivity contribution is 7.13. The number of carbonyl (C=O) groups excluding carboxylic acids is 1. The van der Waals surface area contributed by atoms with Crippen molar-refractivity contribution in [3.05, 3.63) is 65.2 Å². The number of benzene rings is 2. The minimum atomic E-state index is -0.458. The van der Waals surface area contributed by atoms with Crippen molar-refractivity contribution in [3.8, 4) is 22.1 Å². The van der Waals surface area contributed by atoms with Crippen LogP contribution in [0.1, 0.15) is 11.3 Å². The maximum absolute atomic E-state index is 11.9. The van der Waals surface area contributed by atoms with E-state index in [1.807, 2.05) is 48.7 Å². The molecule has 5 nitrogen and oxygen atoms in total. The summed E-state index contributed by atoms with van der Waals surface area (Å²) in [5.41, 5.74) is 2.98. The third-order valence-corrected chi connectivity index (χ3v) is 4.59. The summed E-state index contributed by atoms with van der Waals surface area (Å²) in [7, 11) is 1.55. The Morgan fingerprint density at radius 3 is 2.54 bits per heavy atom. The van der Waals surface area contributed by atoms with Crippen LogP contribution in [0.5, 0.6) is 11.5 Å². The molecule has 0 bridgehead atoms. The van der Waals surface area contributed by atoms with Gasteiger partial charge in [-0.05, 0) is 19.1 Å². The highest BCUT2D eigenvalue weighted by Gasteiger charge is 2.10. The van der Waals surface area contributed by atoms with E-state index < -0.39 is 5.97 Å². The number of methoxy groups -OCH3 is 1. The summed E-state index contributed by atoms with van der Waals surface area (Å²) in [5, 5.41) is 2.80. The molecule has 0 atom stereocenters. The van der Waals surface area contributed by atoms with Crippen molar-refractivity contribution < 1.29 is 19.0 Å². The molecule has 6 heteroatoms. The molecule has 0 spiro atoms. The third-order valence-electron chi connectivity index (χ3n) is 3.65. The van der Waals surface area contributed by atoms with Crippen LogP contribution in [0.3, 0.4) is 0 Å². The maximum Gasteiger partial charge on any atom is 0.344 e. The highest BCUT2D eigenvalue weighted by atomic mass is 32.1. The van der Waals surface area contributed by atoms with E-state index in [1.54, 1.807) is 19.2 Å². The van der Waals surface area contributed by atoms with Crippen LogP contribution in [0.4, 0.5) is 0 Å². The lowest BCUT2D eigenvalue weighted by Gasteiger charge is -2.09. The van der Waals surface area contributed by atoms with Gasteiger partial charge in [-0.25, -0.2) is 9.78 Å². The van der Waals surface area contributed by atoms with E-state index in [0.29, 0.717) is 11.5 Å². The van der Waals surface area contributed by atoms with Crippen LogP contribution < -0.4 is 9.47 Å². The molecule has 0 unspecified atom stereocenters. The van der Waals surface area contributed by atoms with Gasteiger partial charge < -0.3 is 14.2 Å². The zero-order valence-electron chi connectivity index (χ0n) is 14.6. The van der Waals surface area contributed by atoms with Crippen molar-refractivity contribution >= 4 is 17.3 Å². The van der Waals surface area contributed by atoms with Crippen LogP contribution in [0.2, 0.25) is 0 Å². The molecule has 0 aliphatic rings. The maximum atomic E-state index is 11.9. The zero-order valence-corrected chi connectivity index (χ0v) is 15.4. The van der Waals surface area contributed by atoms with Crippen LogP contribution in [-0.2, 0) is 16.1 Å². The molecule has 1 heterocycles. The Kier molecular flexibility index (Phi) is 5.86. The lowest BCUT2D eigenvalue weighted by atomic mass is 10.2. The van der Waals surface area contributed by atoms with Crippen LogP contribution in [0.15, 0.2) is 53.9 Å². The number of thiazole rings is 1. The lowest BCUT2D eigenvalue weighted by molar-refractivity contribution is -0.147. The molecule has 134 valence electrons. The summed E-state index contributed by atoms with van der Waals surface area (Å²) in [6.45, 7) is 1.98. The fraction of sp³-hybridized carbons (Fsp3) is 0.200. The molecule has 3 aromatic rings. The summed E-state index contributed by atoms with van der Waals surface area (Å²) < 4.78 is 15.9. The average Bonchev–Trinajstić information content (AvgIpc) is 3.14. The Morgan fingerprint density at radius 1 is 1.08 bits per heavy atom. The number of hydrogen-bond acceptors (Lipinski definition) is 6. The van der Waals surface area contributed by atoms with Crippen molar-refractivity contribution in [3.63, 3.8) is 0 Å². The van der Waals surface area contributed by atoms with E-state index in [2.05, 4.69) is 4.98 Å². The summed E-state index contributed by atoms with van der Waals surface area (Å²) in [4.78, 5) is 16.4. The van der Waals surface area contributed by atoms with Crippen molar-refractivity contribution in [1.82, 2.24) is 4.98 Å². The summed E-state index contributed by atoms with van der Waals surface area (Å²) >= 11 is 1.53. The standard InChI is InChI=1S/C20H19NO4S/c1-14-7-9-15(10-8-14)20-21-16(13-26-20)11-25-19(22)12-24-18-6-4-3-5-17(18)23-2/h3-10,13H,11-12H2,1-2H3. The summed E-state index contributed by atoms with van der Waals surface area (Å²) in [6, 6.07) is 15.3. The molecule has 0 saturated heterocycles. The minimum absolute atomic E-state index is 0.122. The van der Waals surface area contributed by atoms with E-state index >= 15 is 0 Å². The van der Waals surface area contributed by atoms with Gasteiger partial charge in [0, 0.05) is 10.9 Å². The monoisotopic (exact) mass is 369 g/mol. The molecule has 3 rings (SSSR count). The van der Waals surface area contributed by atoms with E-state index in [1.165, 1.54) is 16.9 Å². The smallest absolute Gasteiger partial charge is 0.344 e. The average molecular weight is 369 g/mol. The molecule has 0 fully saturated rings. The van der Waals surface area contributed by atoms with Crippen LogP contribution in [0, 0.1) is 6.92 Å². The Balaban J connectivity index is 1.51. The largest absolute Gasteiger partial charge is 0.493 e. The first kappa shape index (κ1) is 17.9. The first-order chi connectivity index (χ1) is 12.7. The number of rotatable bonds is 7. The van der Waals surface area contributed by atoms with Gasteiger partial charge in [-0.3, -0.25) is 0 Å². The number of aryl methyl sites for hydroxylation is 1. The molecule has 0 aliphatic heterocycles. The number of carbonyl (C=O) groups is 1. The number of esters is 1. The predicted octanol–water partition coefficient (Wildman–Crippen LogP) is 4.25. The van der Waals surface area contributed by atoms with Crippen LogP contribution >= 0.6 is 11.3 Å². The molecule has 0 aliphatic carbocycles. The van der Waals surface area contributed by atoms with E-state index in [4.69, 9.17) is 14.2 Å². The van der Waals surface area contributed by atoms with E-state index in [9.17, 15) is 4.79 Å². The molecule has 0 radical (unpaired) electrons. The van der Waals surface area contributed by atoms with Crippen molar-refractivity contribution in [2.75, 3.05) is 13.7 Å². The number of aromatic nitrogens is 1. The van der Waals surface area contributed by atoms with E-state index in [-0.39, 0.29) is 13.2 Å². The first-order valence-electron chi connectivity index (χ1n) is 8.08. The molecule has 0 N–H and O–H groups in total. The first-order valence-corrected chi connectivity index (χ1v) is 8.96. The molecule has 1 aromatic heterocycles. The van der Waals surface area contributed by atoms with Crippen LogP contribution in [0.25, 0.3) is 10.6 Å². The molecule has 0 saturated carbocycles. The second kappa shape index (κ2) is 8.49. The van der Waals surface area contributed by atoms with Gasteiger partial charge in [-0.2, -0.15) is 0 Å². The Bertz CT molecular complexity index is 874. The highest BCUT2D eigenvalue weighted by Crippen LogP contribution is 2.26. The number of ether oxygens (including phenoxy) is 3. The zero-order chi connectivity index (χ0) is 18.4. The van der Waals surface area contributed by atoms with Gasteiger partial charge in [0.05, 0.1) is 12.8 Å². The fourth-order valence-electron chi connectivity index (χ4n) is 2.27. The second-order valence-corrected chi connectivity index (χ2v) is 6.47. The van der Waals surface area contributed by atoms with Gasteiger partial charge in [-0.15, -0.1) is 11.3 Å². The molecular weight excluding hydrogens is 350 g/mol. The summed E-state index contributed by atoms with van der Waals surface area (Å²) in [6.07, 6.45) is 0. The lowest BCUT2D eigenvalue weighted by Crippen LogP contribution is -2.15. The molecular formula is C20H19NO4S. The van der Waals surface area contributed by atoms with Gasteiger partial charge in [-0.1, -0.05) is 42.0 Å². The van der Waals surface area contributed by atoms with Crippen molar-refractivity contribution in [2.24, 2.45) is 0 Å². The van der Waals surface area contributed by atoms with Gasteiger partial charge in [0.2, 0.25) is 0 Å². The quantitative estimate of drug-likeness (QED) is 0.583. The van der Waals surface area contributed by atoms with Crippen LogP contribution in [-0.4, -0.2) is 24.7 Å². The van der Waals surface area contributed by atoms with Crippen molar-refractivity contribution in [1.29, 1.82) is 0 Å². The van der Waals surface area contributed by atoms with Gasteiger partial charge in [0.1, 0.15) is 11.6 Å². The second-order valence-electron chi connectivity index (χ2n) is 5.61. The Morgan fingerprint density at radius 2 is 1.81 bits per heavy atom. The molecule has 26 heavy (non-hydrogen) atoms. The summed E-state index contributed by atoms with van der Waals surface area (Å²) in [5.74, 6) is 0.616. The predicted molar refractivity (Wildman–Crippen MR) is 101 cm³/mol. The molecule has 0 amide bonds. The minimum Gasteiger partial charge on any atom is -0.493 e. The normalized spacial score (nSPS) is 10.4. The molecule has 2 aromatic carbocycles. The van der Waals surface area contributed by atoms with E-state index in [0.717, 1.165) is 16.3 Å². The van der Waals surface area contributed by atoms with Gasteiger partial charge in [0.15, 0.2) is 18.1 Å².